The number of benzene rings is 1. The van der Waals surface area contributed by atoms with E-state index in [-0.39, 0.29) is 11.6 Å². The summed E-state index contributed by atoms with van der Waals surface area (Å²) in [4.78, 5) is 24.9. The maximum absolute atomic E-state index is 12.7. The fourth-order valence-corrected chi connectivity index (χ4v) is 2.96. The van der Waals surface area contributed by atoms with E-state index in [4.69, 9.17) is 0 Å². The Bertz CT molecular complexity index is 668. The zero-order valence-electron chi connectivity index (χ0n) is 12.6. The van der Waals surface area contributed by atoms with E-state index in [1.807, 2.05) is 23.8 Å². The van der Waals surface area contributed by atoms with Gasteiger partial charge in [0.15, 0.2) is 0 Å². The number of hydrogen-bond acceptors (Lipinski definition) is 4. The van der Waals surface area contributed by atoms with Gasteiger partial charge in [0.1, 0.15) is 0 Å². The maximum atomic E-state index is 12.7. The molecule has 1 heterocycles. The second-order valence-corrected chi connectivity index (χ2v) is 5.90. The lowest BCUT2D eigenvalue weighted by molar-refractivity contribution is -0.385. The van der Waals surface area contributed by atoms with Crippen LogP contribution in [-0.4, -0.2) is 22.3 Å². The first kappa shape index (κ1) is 16.2. The van der Waals surface area contributed by atoms with E-state index in [0.717, 1.165) is 12.0 Å². The Hall–Kier alpha value is -2.21. The Morgan fingerprint density at radius 3 is 2.68 bits per heavy atom. The molecule has 1 aromatic carbocycles. The lowest BCUT2D eigenvalue weighted by atomic mass is 10.1. The standard InChI is InChI=1S/C16H18N2O3S/c1-3-7-17(10-13-6-8-22-11-13)16(19)14-4-5-15(18(20)21)12(2)9-14/h4-6,8-9,11H,3,7,10H2,1-2H3. The van der Waals surface area contributed by atoms with Crippen LogP contribution in [0.25, 0.3) is 0 Å². The summed E-state index contributed by atoms with van der Waals surface area (Å²) in [5.41, 5.74) is 2.14. The van der Waals surface area contributed by atoms with E-state index < -0.39 is 4.92 Å². The van der Waals surface area contributed by atoms with Crippen LogP contribution in [-0.2, 0) is 6.54 Å². The van der Waals surface area contributed by atoms with Gasteiger partial charge in [0.25, 0.3) is 11.6 Å². The predicted octanol–water partition coefficient (Wildman–Crippen LogP) is 4.02. The molecular formula is C16H18N2O3S. The van der Waals surface area contributed by atoms with E-state index >= 15 is 0 Å². The largest absolute Gasteiger partial charge is 0.334 e. The van der Waals surface area contributed by atoms with Gasteiger partial charge in [-0.2, -0.15) is 11.3 Å². The van der Waals surface area contributed by atoms with Crippen molar-refractivity contribution in [3.8, 4) is 0 Å². The number of amides is 1. The second-order valence-electron chi connectivity index (χ2n) is 5.12. The molecule has 0 N–H and O–H groups in total. The topological polar surface area (TPSA) is 63.5 Å². The van der Waals surface area contributed by atoms with E-state index in [9.17, 15) is 14.9 Å². The summed E-state index contributed by atoms with van der Waals surface area (Å²) in [7, 11) is 0. The summed E-state index contributed by atoms with van der Waals surface area (Å²) >= 11 is 1.60. The molecule has 116 valence electrons. The van der Waals surface area contributed by atoms with E-state index in [1.165, 1.54) is 12.1 Å². The Labute approximate surface area is 133 Å². The molecular weight excluding hydrogens is 300 g/mol. The molecule has 1 amide bonds. The summed E-state index contributed by atoms with van der Waals surface area (Å²) in [5, 5.41) is 14.9. The van der Waals surface area contributed by atoms with Crippen LogP contribution < -0.4 is 0 Å². The fraction of sp³-hybridized carbons (Fsp3) is 0.312. The molecule has 0 fully saturated rings. The summed E-state index contributed by atoms with van der Waals surface area (Å²) in [5.74, 6) is -0.0916. The van der Waals surface area contributed by atoms with Crippen LogP contribution in [0.4, 0.5) is 5.69 Å². The third-order valence-electron chi connectivity index (χ3n) is 3.37. The van der Waals surface area contributed by atoms with Crippen molar-refractivity contribution in [1.29, 1.82) is 0 Å². The molecule has 0 atom stereocenters. The summed E-state index contributed by atoms with van der Waals surface area (Å²) in [6.45, 7) is 4.89. The van der Waals surface area contributed by atoms with Gasteiger partial charge in [-0.15, -0.1) is 0 Å². The first-order valence-corrected chi connectivity index (χ1v) is 8.02. The highest BCUT2D eigenvalue weighted by atomic mass is 32.1. The first-order valence-electron chi connectivity index (χ1n) is 7.08. The number of nitrogens with zero attached hydrogens (tertiary/aromatic N) is 2. The van der Waals surface area contributed by atoms with Crippen LogP contribution in [0.15, 0.2) is 35.0 Å². The Balaban J connectivity index is 2.23. The minimum absolute atomic E-state index is 0.0384. The van der Waals surface area contributed by atoms with E-state index in [2.05, 4.69) is 0 Å². The number of nitro groups is 1. The number of rotatable bonds is 6. The monoisotopic (exact) mass is 318 g/mol. The molecule has 0 aliphatic carbocycles. The van der Waals surface area contributed by atoms with E-state index in [0.29, 0.717) is 24.2 Å². The summed E-state index contributed by atoms with van der Waals surface area (Å²) in [6, 6.07) is 6.53. The SMILES string of the molecule is CCCN(Cc1ccsc1)C(=O)c1ccc([N+](=O)[O-])c(C)c1. The van der Waals surface area contributed by atoms with Crippen molar-refractivity contribution < 1.29 is 9.72 Å². The summed E-state index contributed by atoms with van der Waals surface area (Å²) in [6.07, 6.45) is 0.863. The Morgan fingerprint density at radius 1 is 1.36 bits per heavy atom. The van der Waals surface area contributed by atoms with Crippen LogP contribution in [0.3, 0.4) is 0 Å². The molecule has 0 radical (unpaired) electrons. The normalized spacial score (nSPS) is 10.5. The molecule has 0 aliphatic heterocycles. The highest BCUT2D eigenvalue weighted by Gasteiger charge is 2.18. The van der Waals surface area contributed by atoms with Gasteiger partial charge in [-0.05, 0) is 47.9 Å². The van der Waals surface area contributed by atoms with Crippen molar-refractivity contribution in [1.82, 2.24) is 4.90 Å². The van der Waals surface area contributed by atoms with Gasteiger partial charge in [0, 0.05) is 30.3 Å². The minimum Gasteiger partial charge on any atom is -0.334 e. The van der Waals surface area contributed by atoms with Crippen molar-refractivity contribution >= 4 is 22.9 Å². The lowest BCUT2D eigenvalue weighted by Crippen LogP contribution is -2.31. The van der Waals surface area contributed by atoms with Crippen molar-refractivity contribution in [2.24, 2.45) is 0 Å². The first-order chi connectivity index (χ1) is 10.5. The van der Waals surface area contributed by atoms with Crippen LogP contribution >= 0.6 is 11.3 Å². The third kappa shape index (κ3) is 3.71. The van der Waals surface area contributed by atoms with Gasteiger partial charge >= 0.3 is 0 Å². The molecule has 2 rings (SSSR count). The second kappa shape index (κ2) is 7.17. The molecule has 22 heavy (non-hydrogen) atoms. The van der Waals surface area contributed by atoms with Gasteiger partial charge in [0.05, 0.1) is 4.92 Å². The molecule has 0 saturated heterocycles. The number of thiophene rings is 1. The van der Waals surface area contributed by atoms with Crippen molar-refractivity contribution in [2.45, 2.75) is 26.8 Å². The third-order valence-corrected chi connectivity index (χ3v) is 4.11. The molecule has 0 saturated carbocycles. The van der Waals surface area contributed by atoms with Crippen molar-refractivity contribution in [2.75, 3.05) is 6.54 Å². The van der Waals surface area contributed by atoms with Crippen LogP contribution in [0, 0.1) is 17.0 Å². The molecule has 0 bridgehead atoms. The number of hydrogen-bond donors (Lipinski definition) is 0. The van der Waals surface area contributed by atoms with Crippen molar-refractivity contribution in [3.63, 3.8) is 0 Å². The predicted molar refractivity (Wildman–Crippen MR) is 87.2 cm³/mol. The Morgan fingerprint density at radius 2 is 2.14 bits per heavy atom. The zero-order chi connectivity index (χ0) is 16.1. The van der Waals surface area contributed by atoms with E-state index in [1.54, 1.807) is 29.2 Å². The van der Waals surface area contributed by atoms with Gasteiger partial charge in [-0.3, -0.25) is 14.9 Å². The molecule has 0 spiro atoms. The van der Waals surface area contributed by atoms with Gasteiger partial charge in [-0.1, -0.05) is 6.92 Å². The molecule has 2 aromatic rings. The number of carbonyl (C=O) groups is 1. The van der Waals surface area contributed by atoms with Crippen LogP contribution in [0.1, 0.15) is 34.8 Å². The highest BCUT2D eigenvalue weighted by molar-refractivity contribution is 7.07. The van der Waals surface area contributed by atoms with Crippen molar-refractivity contribution in [3.05, 3.63) is 61.8 Å². The molecule has 6 heteroatoms. The van der Waals surface area contributed by atoms with Crippen LogP contribution in [0.2, 0.25) is 0 Å². The average molecular weight is 318 g/mol. The smallest absolute Gasteiger partial charge is 0.272 e. The fourth-order valence-electron chi connectivity index (χ4n) is 2.30. The quantitative estimate of drug-likeness (QED) is 0.597. The van der Waals surface area contributed by atoms with Crippen LogP contribution in [0.5, 0.6) is 0 Å². The van der Waals surface area contributed by atoms with Gasteiger partial charge < -0.3 is 4.90 Å². The minimum atomic E-state index is -0.432. The number of nitro benzene ring substituents is 1. The Kier molecular flexibility index (Phi) is 5.27. The van der Waals surface area contributed by atoms with Gasteiger partial charge in [0.2, 0.25) is 0 Å². The van der Waals surface area contributed by atoms with Gasteiger partial charge in [-0.25, -0.2) is 0 Å². The molecule has 5 nitrogen and oxygen atoms in total. The lowest BCUT2D eigenvalue weighted by Gasteiger charge is -2.22. The molecule has 0 unspecified atom stereocenters. The zero-order valence-corrected chi connectivity index (χ0v) is 13.4. The molecule has 1 aromatic heterocycles. The maximum Gasteiger partial charge on any atom is 0.272 e. The number of carbonyl (C=O) groups excluding carboxylic acids is 1. The number of aryl methyl sites for hydroxylation is 1. The highest BCUT2D eigenvalue weighted by Crippen LogP contribution is 2.20. The average Bonchev–Trinajstić information content (AvgIpc) is 2.98. The summed E-state index contributed by atoms with van der Waals surface area (Å²) < 4.78 is 0. The molecule has 0 aliphatic rings.